The zero-order valence-electron chi connectivity index (χ0n) is 29.0. The van der Waals surface area contributed by atoms with Gasteiger partial charge in [-0.15, -0.1) is 0 Å². The fourth-order valence-electron chi connectivity index (χ4n) is 9.46. The molecule has 2 N–H and O–H groups in total. The number of amides is 4. The minimum absolute atomic E-state index is 0.0565. The molecule has 0 spiro atoms. The summed E-state index contributed by atoms with van der Waals surface area (Å²) in [6.45, 7) is 0. The second-order valence-electron chi connectivity index (χ2n) is 14.5. The quantitative estimate of drug-likeness (QED) is 0.135. The fraction of sp³-hybridized carbons (Fsp3) is 0.214. The first-order valence-corrected chi connectivity index (χ1v) is 18.5. The molecule has 3 heterocycles. The third kappa shape index (κ3) is 5.18. The molecule has 2 aliphatic carbocycles. The summed E-state index contributed by atoms with van der Waals surface area (Å²) in [6.07, 6.45) is -2.25. The normalized spacial score (nSPS) is 25.9. The number of aromatic hydroxyl groups is 1. The number of nitrogens with one attached hydrogen (secondary N) is 1. The highest BCUT2D eigenvalue weighted by atomic mass is 35.5. The Morgan fingerprint density at radius 3 is 2.27 bits per heavy atom. The Balaban J connectivity index is 1.26. The Morgan fingerprint density at radius 1 is 0.839 bits per heavy atom. The molecule has 1 saturated carbocycles. The lowest BCUT2D eigenvalue weighted by Crippen LogP contribution is -2.53. The van der Waals surface area contributed by atoms with Crippen molar-refractivity contribution in [2.45, 2.75) is 30.4 Å². The minimum Gasteiger partial charge on any atom is -0.507 e. The first-order chi connectivity index (χ1) is 26.8. The predicted molar refractivity (Wildman–Crippen MR) is 201 cm³/mol. The van der Waals surface area contributed by atoms with Gasteiger partial charge in [-0.2, -0.15) is 18.2 Å². The topological polar surface area (TPSA) is 120 Å². The number of alkyl halides is 3. The maximum Gasteiger partial charge on any atom is 0.417 e. The molecular weight excluding hydrogens is 768 g/mol. The number of benzene rings is 4. The van der Waals surface area contributed by atoms with Crippen molar-refractivity contribution in [3.05, 3.63) is 142 Å². The fourth-order valence-corrected chi connectivity index (χ4v) is 9.80. The number of halogens is 5. The van der Waals surface area contributed by atoms with Gasteiger partial charge in [0.2, 0.25) is 11.8 Å². The maximum absolute atomic E-state index is 15.4. The van der Waals surface area contributed by atoms with Crippen molar-refractivity contribution in [1.82, 2.24) is 9.99 Å². The molecule has 1 aromatic heterocycles. The van der Waals surface area contributed by atoms with E-state index in [0.717, 1.165) is 5.01 Å². The molecule has 2 aliphatic heterocycles. The van der Waals surface area contributed by atoms with Crippen LogP contribution in [0.25, 0.3) is 10.8 Å². The van der Waals surface area contributed by atoms with E-state index in [1.54, 1.807) is 78.9 Å². The Kier molecular flexibility index (Phi) is 8.30. The van der Waals surface area contributed by atoms with Crippen LogP contribution in [0.4, 0.5) is 24.7 Å². The molecule has 6 unspecified atom stereocenters. The molecule has 3 fully saturated rings. The molecule has 9 nitrogen and oxygen atoms in total. The number of pyridine rings is 1. The number of hydrogen-bond donors (Lipinski definition) is 2. The van der Waals surface area contributed by atoms with Gasteiger partial charge in [0.25, 0.3) is 11.8 Å². The number of aromatic nitrogens is 1. The molecule has 14 heteroatoms. The second kappa shape index (κ2) is 12.9. The molecule has 0 radical (unpaired) electrons. The lowest BCUT2D eigenvalue weighted by molar-refractivity contribution is -0.139. The lowest BCUT2D eigenvalue weighted by atomic mass is 9.49. The number of allylic oxidation sites excluding steroid dienone is 2. The molecule has 5 aromatic rings. The van der Waals surface area contributed by atoms with Crippen molar-refractivity contribution < 1.29 is 37.5 Å². The number of hydrogen-bond acceptors (Lipinski definition) is 7. The van der Waals surface area contributed by atoms with E-state index in [1.165, 1.54) is 4.90 Å². The maximum atomic E-state index is 15.4. The molecule has 4 aliphatic rings. The number of rotatable bonds is 5. The van der Waals surface area contributed by atoms with Crippen molar-refractivity contribution in [3.8, 4) is 5.75 Å². The van der Waals surface area contributed by atoms with Crippen LogP contribution in [-0.4, -0.2) is 38.7 Å². The molecular formula is C42H29Cl2F3N4O5. The monoisotopic (exact) mass is 796 g/mol. The summed E-state index contributed by atoms with van der Waals surface area (Å²) in [6, 6.07) is 26.3. The number of hydrazine groups is 1. The van der Waals surface area contributed by atoms with Crippen LogP contribution in [-0.2, 0) is 30.8 Å². The lowest BCUT2D eigenvalue weighted by Gasteiger charge is -2.50. The van der Waals surface area contributed by atoms with Crippen molar-refractivity contribution in [1.29, 1.82) is 0 Å². The van der Waals surface area contributed by atoms with Gasteiger partial charge in [-0.05, 0) is 60.0 Å². The molecule has 56 heavy (non-hydrogen) atoms. The molecule has 4 aromatic carbocycles. The highest BCUT2D eigenvalue weighted by Crippen LogP contribution is 2.65. The number of phenols is 1. The zero-order valence-corrected chi connectivity index (χ0v) is 30.5. The summed E-state index contributed by atoms with van der Waals surface area (Å²) in [5.74, 6) is -7.54. The average Bonchev–Trinajstić information content (AvgIpc) is 3.57. The second-order valence-corrected chi connectivity index (χ2v) is 15.3. The third-order valence-corrected chi connectivity index (χ3v) is 12.4. The van der Waals surface area contributed by atoms with E-state index in [9.17, 15) is 32.7 Å². The van der Waals surface area contributed by atoms with Gasteiger partial charge in [0.05, 0.1) is 39.4 Å². The van der Waals surface area contributed by atoms with Crippen molar-refractivity contribution in [3.63, 3.8) is 0 Å². The predicted octanol–water partition coefficient (Wildman–Crippen LogP) is 8.46. The Bertz CT molecular complexity index is 2530. The smallest absolute Gasteiger partial charge is 0.417 e. The van der Waals surface area contributed by atoms with Gasteiger partial charge >= 0.3 is 6.18 Å². The number of carbonyl (C=O) groups excluding carboxylic acids is 4. The molecule has 9 rings (SSSR count). The van der Waals surface area contributed by atoms with Gasteiger partial charge < -0.3 is 5.11 Å². The average molecular weight is 798 g/mol. The first kappa shape index (κ1) is 35.9. The number of para-hydroxylation sites is 1. The number of carbonyl (C=O) groups is 4. The summed E-state index contributed by atoms with van der Waals surface area (Å²) >= 11 is 12.6. The van der Waals surface area contributed by atoms with Crippen LogP contribution in [0.15, 0.2) is 115 Å². The van der Waals surface area contributed by atoms with Crippen LogP contribution in [0.5, 0.6) is 5.75 Å². The van der Waals surface area contributed by atoms with Crippen molar-refractivity contribution in [2.75, 3.05) is 10.3 Å². The van der Waals surface area contributed by atoms with E-state index >= 15 is 4.79 Å². The van der Waals surface area contributed by atoms with Gasteiger partial charge in [-0.25, -0.2) is 4.98 Å². The van der Waals surface area contributed by atoms with Crippen LogP contribution in [0.3, 0.4) is 0 Å². The largest absolute Gasteiger partial charge is 0.507 e. The molecule has 282 valence electrons. The number of fused-ring (bicyclic) bond motifs is 5. The Hall–Kier alpha value is -5.72. The van der Waals surface area contributed by atoms with Crippen LogP contribution < -0.4 is 10.3 Å². The summed E-state index contributed by atoms with van der Waals surface area (Å²) in [5, 5.41) is 13.9. The molecule has 2 saturated heterocycles. The number of nitrogens with zero attached hydrogens (tertiary/aromatic N) is 3. The van der Waals surface area contributed by atoms with E-state index < -0.39 is 69.5 Å². The SMILES string of the molecule is O=C1C2CC3C(=CCC4C(=O)N(c5ccccc5)C(=O)C43)C(c3ccc4ccccc4c3O)C2(c2ccc(Cl)cc2)C(=O)N1Nc1ncc(C(F)(F)F)cc1Cl. The van der Waals surface area contributed by atoms with Crippen LogP contribution in [0.1, 0.15) is 35.4 Å². The molecule has 6 atom stereocenters. The highest BCUT2D eigenvalue weighted by Gasteiger charge is 2.70. The molecule has 0 bridgehead atoms. The zero-order chi connectivity index (χ0) is 39.3. The first-order valence-electron chi connectivity index (χ1n) is 17.8. The highest BCUT2D eigenvalue weighted by molar-refractivity contribution is 6.33. The third-order valence-electron chi connectivity index (χ3n) is 11.8. The molecule has 4 amide bonds. The van der Waals surface area contributed by atoms with E-state index in [0.29, 0.717) is 50.4 Å². The van der Waals surface area contributed by atoms with Gasteiger partial charge in [0.1, 0.15) is 5.75 Å². The summed E-state index contributed by atoms with van der Waals surface area (Å²) in [4.78, 5) is 63.9. The van der Waals surface area contributed by atoms with Gasteiger partial charge in [-0.3, -0.25) is 29.5 Å². The van der Waals surface area contributed by atoms with Gasteiger partial charge in [-0.1, -0.05) is 102 Å². The van der Waals surface area contributed by atoms with Crippen LogP contribution in [0, 0.1) is 23.7 Å². The van der Waals surface area contributed by atoms with Crippen molar-refractivity contribution >= 4 is 69.1 Å². The van der Waals surface area contributed by atoms with Crippen LogP contribution >= 0.6 is 23.2 Å². The van der Waals surface area contributed by atoms with Gasteiger partial charge in [0, 0.05) is 28.1 Å². The summed E-state index contributed by atoms with van der Waals surface area (Å²) in [5.41, 5.74) is 1.40. The number of imide groups is 2. The standard InChI is InChI=1S/C42H29Cl2F3N4O5/c43-24-13-11-22(12-14-24)41-31(38(54)51(40(41)56)49-36-32(44)18-23(20-48-36)42(45,46)47)19-30-27(34(41)29-15-10-21-6-4-5-9-26(21)35(29)52)16-17-28-33(30)39(55)50(37(28)53)25-7-2-1-3-8-25/h1-16,18,20,28,30-31,33-34,52H,17,19H2,(H,48,49). The number of phenolic OH excluding ortho intramolecular Hbond substituents is 1. The van der Waals surface area contributed by atoms with E-state index in [-0.39, 0.29) is 30.3 Å². The Morgan fingerprint density at radius 2 is 1.55 bits per heavy atom. The number of anilines is 2. The van der Waals surface area contributed by atoms with E-state index in [2.05, 4.69) is 10.4 Å². The van der Waals surface area contributed by atoms with Crippen LogP contribution in [0.2, 0.25) is 10.0 Å². The summed E-state index contributed by atoms with van der Waals surface area (Å²) < 4.78 is 40.6. The van der Waals surface area contributed by atoms with E-state index in [4.69, 9.17) is 23.2 Å². The summed E-state index contributed by atoms with van der Waals surface area (Å²) in [7, 11) is 0. The Labute approximate surface area is 327 Å². The van der Waals surface area contributed by atoms with E-state index in [1.807, 2.05) is 18.2 Å². The van der Waals surface area contributed by atoms with Gasteiger partial charge in [0.15, 0.2) is 5.82 Å². The van der Waals surface area contributed by atoms with Crippen molar-refractivity contribution in [2.24, 2.45) is 23.7 Å². The minimum atomic E-state index is -4.76.